The summed E-state index contributed by atoms with van der Waals surface area (Å²) in [5, 5.41) is 0.462. The number of hydrogen-bond donors (Lipinski definition) is 1. The number of hydrogen-bond acceptors (Lipinski definition) is 7. The Morgan fingerprint density at radius 2 is 1.53 bits per heavy atom. The number of amides is 3. The van der Waals surface area contributed by atoms with Crippen LogP contribution in [0.1, 0.15) is 20.9 Å². The minimum atomic E-state index is -4.27. The number of furan rings is 1. The highest BCUT2D eigenvalue weighted by atomic mass is 32.2. The molecule has 4 rings (SSSR count). The predicted octanol–water partition coefficient (Wildman–Crippen LogP) is 1.80. The van der Waals surface area contributed by atoms with Gasteiger partial charge in [-0.3, -0.25) is 14.4 Å². The van der Waals surface area contributed by atoms with Crippen LogP contribution in [0.2, 0.25) is 0 Å². The number of nitrogens with zero attached hydrogens (tertiary/aromatic N) is 2. The molecule has 3 amide bonds. The zero-order valence-corrected chi connectivity index (χ0v) is 20.3. The minimum Gasteiger partial charge on any atom is -0.497 e. The first-order valence-corrected chi connectivity index (χ1v) is 12.7. The average molecular weight is 512 g/mol. The molecule has 1 N–H and O–H groups in total. The third-order valence-corrected chi connectivity index (χ3v) is 7.70. The van der Waals surface area contributed by atoms with Crippen molar-refractivity contribution in [1.29, 1.82) is 0 Å². The van der Waals surface area contributed by atoms with Gasteiger partial charge in [0.05, 0.1) is 18.3 Å². The van der Waals surface area contributed by atoms with Gasteiger partial charge in [0, 0.05) is 31.7 Å². The lowest BCUT2D eigenvalue weighted by Gasteiger charge is -2.36. The van der Waals surface area contributed by atoms with Crippen LogP contribution >= 0.6 is 0 Å². The van der Waals surface area contributed by atoms with Crippen LogP contribution in [-0.4, -0.2) is 74.6 Å². The molecule has 0 bridgehead atoms. The predicted molar refractivity (Wildman–Crippen MR) is 129 cm³/mol. The lowest BCUT2D eigenvalue weighted by Crippen LogP contribution is -2.57. The Kier molecular flexibility index (Phi) is 7.39. The number of benzene rings is 2. The molecular weight excluding hydrogens is 486 g/mol. The lowest BCUT2D eigenvalue weighted by atomic mass is 10.1. The molecule has 0 radical (unpaired) electrons. The van der Waals surface area contributed by atoms with Crippen molar-refractivity contribution in [1.82, 2.24) is 15.1 Å². The van der Waals surface area contributed by atoms with Crippen molar-refractivity contribution in [3.8, 4) is 5.75 Å². The van der Waals surface area contributed by atoms with E-state index >= 15 is 0 Å². The summed E-state index contributed by atoms with van der Waals surface area (Å²) in [5.41, 5.74) is 0.478. The van der Waals surface area contributed by atoms with Crippen LogP contribution in [0.25, 0.3) is 0 Å². The van der Waals surface area contributed by atoms with E-state index in [9.17, 15) is 22.8 Å². The third-order valence-electron chi connectivity index (χ3n) is 5.83. The highest BCUT2D eigenvalue weighted by molar-refractivity contribution is 7.92. The maximum absolute atomic E-state index is 13.4. The van der Waals surface area contributed by atoms with Crippen molar-refractivity contribution >= 4 is 27.6 Å². The molecule has 0 saturated carbocycles. The minimum absolute atomic E-state index is 0.101. The van der Waals surface area contributed by atoms with Crippen LogP contribution in [0, 0.1) is 0 Å². The molecule has 2 heterocycles. The van der Waals surface area contributed by atoms with Crippen molar-refractivity contribution in [2.75, 3.05) is 33.3 Å². The maximum atomic E-state index is 13.4. The number of rotatable bonds is 7. The van der Waals surface area contributed by atoms with Gasteiger partial charge < -0.3 is 24.3 Å². The van der Waals surface area contributed by atoms with E-state index in [1.165, 1.54) is 54.7 Å². The van der Waals surface area contributed by atoms with E-state index in [0.717, 1.165) is 0 Å². The Labute approximate surface area is 208 Å². The third kappa shape index (κ3) is 5.25. The molecule has 36 heavy (non-hydrogen) atoms. The molecule has 1 aliphatic heterocycles. The summed E-state index contributed by atoms with van der Waals surface area (Å²) in [6, 6.07) is 17.0. The Balaban J connectivity index is 1.50. The number of carbonyl (C=O) groups excluding carboxylic acids is 3. The SMILES string of the molecule is COc1ccc(C(=O)N2CCN(C(=O)[C@H](NC(=O)c3ccco3)S(=O)(=O)c3ccccc3)CC2)cc1. The molecule has 10 nitrogen and oxygen atoms in total. The quantitative estimate of drug-likeness (QED) is 0.513. The van der Waals surface area contributed by atoms with Crippen molar-refractivity contribution in [3.63, 3.8) is 0 Å². The van der Waals surface area contributed by atoms with Gasteiger partial charge >= 0.3 is 0 Å². The van der Waals surface area contributed by atoms with Gasteiger partial charge in [-0.05, 0) is 48.5 Å². The van der Waals surface area contributed by atoms with E-state index in [2.05, 4.69) is 5.32 Å². The van der Waals surface area contributed by atoms with Gasteiger partial charge in [-0.25, -0.2) is 8.42 Å². The van der Waals surface area contributed by atoms with Crippen LogP contribution in [-0.2, 0) is 14.6 Å². The number of methoxy groups -OCH3 is 1. The second-order valence-corrected chi connectivity index (χ2v) is 10.1. The van der Waals surface area contributed by atoms with E-state index < -0.39 is 27.0 Å². The number of nitrogens with one attached hydrogen (secondary N) is 1. The molecule has 1 aliphatic rings. The fraction of sp³-hybridized carbons (Fsp3) is 0.240. The van der Waals surface area contributed by atoms with Gasteiger partial charge in [0.2, 0.25) is 15.2 Å². The smallest absolute Gasteiger partial charge is 0.288 e. The molecule has 1 saturated heterocycles. The Bertz CT molecular complexity index is 1320. The summed E-state index contributed by atoms with van der Waals surface area (Å²) in [6.07, 6.45) is 1.27. The Hall–Kier alpha value is -4.12. The van der Waals surface area contributed by atoms with Gasteiger partial charge in [0.15, 0.2) is 5.76 Å². The van der Waals surface area contributed by atoms with Crippen molar-refractivity contribution in [2.24, 2.45) is 0 Å². The molecule has 0 spiro atoms. The van der Waals surface area contributed by atoms with Crippen LogP contribution in [0.15, 0.2) is 82.3 Å². The summed E-state index contributed by atoms with van der Waals surface area (Å²) < 4.78 is 36.9. The zero-order chi connectivity index (χ0) is 25.7. The molecular formula is C25H25N3O7S. The van der Waals surface area contributed by atoms with E-state index in [-0.39, 0.29) is 42.7 Å². The standard InChI is InChI=1S/C25H25N3O7S/c1-34-19-11-9-18(10-12-19)24(30)27-13-15-28(16-14-27)25(31)23(26-22(29)21-8-5-17-35-21)36(32,33)20-6-3-2-4-7-20/h2-12,17,23H,13-16H2,1H3,(H,26,29)/t23-/m1/s1. The van der Waals surface area contributed by atoms with Gasteiger partial charge in [0.25, 0.3) is 17.7 Å². The van der Waals surface area contributed by atoms with Crippen LogP contribution < -0.4 is 10.1 Å². The fourth-order valence-electron chi connectivity index (χ4n) is 3.83. The Morgan fingerprint density at radius 1 is 0.889 bits per heavy atom. The molecule has 1 fully saturated rings. The van der Waals surface area contributed by atoms with E-state index in [1.807, 2.05) is 0 Å². The van der Waals surface area contributed by atoms with Crippen molar-refractivity contribution in [2.45, 2.75) is 10.3 Å². The number of sulfone groups is 1. The van der Waals surface area contributed by atoms with Gasteiger partial charge in [-0.15, -0.1) is 0 Å². The van der Waals surface area contributed by atoms with Gasteiger partial charge in [-0.1, -0.05) is 18.2 Å². The normalized spacial score (nSPS) is 14.7. The van der Waals surface area contributed by atoms with Crippen LogP contribution in [0.3, 0.4) is 0 Å². The zero-order valence-electron chi connectivity index (χ0n) is 19.5. The molecule has 2 aromatic carbocycles. The maximum Gasteiger partial charge on any atom is 0.288 e. The molecule has 0 unspecified atom stereocenters. The summed E-state index contributed by atoms with van der Waals surface area (Å²) in [7, 11) is -2.74. The van der Waals surface area contributed by atoms with Crippen molar-refractivity contribution in [3.05, 3.63) is 84.3 Å². The number of piperazine rings is 1. The molecule has 11 heteroatoms. The highest BCUT2D eigenvalue weighted by Crippen LogP contribution is 2.19. The molecule has 188 valence electrons. The van der Waals surface area contributed by atoms with E-state index in [0.29, 0.717) is 11.3 Å². The van der Waals surface area contributed by atoms with Crippen LogP contribution in [0.5, 0.6) is 5.75 Å². The highest BCUT2D eigenvalue weighted by Gasteiger charge is 2.40. The van der Waals surface area contributed by atoms with E-state index in [4.69, 9.17) is 9.15 Å². The van der Waals surface area contributed by atoms with Gasteiger partial charge in [-0.2, -0.15) is 0 Å². The van der Waals surface area contributed by atoms with Crippen LogP contribution in [0.4, 0.5) is 0 Å². The number of carbonyl (C=O) groups is 3. The first kappa shape index (κ1) is 25.0. The second kappa shape index (κ2) is 10.6. The van der Waals surface area contributed by atoms with E-state index in [1.54, 1.807) is 35.2 Å². The monoisotopic (exact) mass is 511 g/mol. The number of ether oxygens (including phenoxy) is 1. The summed E-state index contributed by atoms with van der Waals surface area (Å²) in [6.45, 7) is 0.637. The molecule has 3 aromatic rings. The lowest BCUT2D eigenvalue weighted by molar-refractivity contribution is -0.132. The first-order chi connectivity index (χ1) is 17.3. The summed E-state index contributed by atoms with van der Waals surface area (Å²) in [4.78, 5) is 41.7. The first-order valence-electron chi connectivity index (χ1n) is 11.2. The topological polar surface area (TPSA) is 126 Å². The Morgan fingerprint density at radius 3 is 2.11 bits per heavy atom. The summed E-state index contributed by atoms with van der Waals surface area (Å²) in [5.74, 6) is -1.30. The second-order valence-electron chi connectivity index (χ2n) is 8.03. The molecule has 1 atom stereocenters. The van der Waals surface area contributed by atoms with Crippen molar-refractivity contribution < 1.29 is 32.0 Å². The molecule has 0 aliphatic carbocycles. The largest absolute Gasteiger partial charge is 0.497 e. The average Bonchev–Trinajstić information content (AvgIpc) is 3.47. The fourth-order valence-corrected chi connectivity index (χ4v) is 5.31. The van der Waals surface area contributed by atoms with Gasteiger partial charge in [0.1, 0.15) is 5.75 Å². The molecule has 1 aromatic heterocycles. The summed E-state index contributed by atoms with van der Waals surface area (Å²) >= 11 is 0.